The Bertz CT molecular complexity index is 3150. The van der Waals surface area contributed by atoms with Crippen molar-refractivity contribution in [3.8, 4) is 51.1 Å². The van der Waals surface area contributed by atoms with Gasteiger partial charge >= 0.3 is 0 Å². The number of para-hydroxylation sites is 3. The van der Waals surface area contributed by atoms with Crippen molar-refractivity contribution >= 4 is 54.6 Å². The first-order valence-corrected chi connectivity index (χ1v) is 18.0. The van der Waals surface area contributed by atoms with Gasteiger partial charge in [0.15, 0.2) is 23.1 Å². The Morgan fingerprint density at radius 1 is 0.389 bits per heavy atom. The molecule has 54 heavy (non-hydrogen) atoms. The molecule has 0 aliphatic carbocycles. The lowest BCUT2D eigenvalue weighted by molar-refractivity contribution is 0.669. The second-order valence-electron chi connectivity index (χ2n) is 13.4. The molecule has 0 unspecified atom stereocenters. The van der Waals surface area contributed by atoms with Crippen LogP contribution in [-0.2, 0) is 0 Å². The van der Waals surface area contributed by atoms with Crippen LogP contribution in [0.3, 0.4) is 0 Å². The summed E-state index contributed by atoms with van der Waals surface area (Å²) in [4.78, 5) is 20.3. The predicted molar refractivity (Wildman–Crippen MR) is 218 cm³/mol. The summed E-state index contributed by atoms with van der Waals surface area (Å²) in [7, 11) is 0. The van der Waals surface area contributed by atoms with Crippen molar-refractivity contribution < 1.29 is 4.42 Å². The number of hydrogen-bond acceptors (Lipinski definition) is 5. The number of nitrogens with zero attached hydrogens (tertiary/aromatic N) is 5. The molecule has 0 atom stereocenters. The minimum absolute atomic E-state index is 0.586. The van der Waals surface area contributed by atoms with Crippen molar-refractivity contribution in [3.63, 3.8) is 0 Å². The zero-order valence-corrected chi connectivity index (χ0v) is 28.9. The molecule has 0 saturated heterocycles. The number of benzene rings is 7. The van der Waals surface area contributed by atoms with Gasteiger partial charge in [0.2, 0.25) is 0 Å². The number of rotatable bonds is 5. The van der Waals surface area contributed by atoms with Crippen molar-refractivity contribution in [1.29, 1.82) is 0 Å². The van der Waals surface area contributed by atoms with Crippen LogP contribution in [0, 0.1) is 0 Å². The highest BCUT2D eigenvalue weighted by atomic mass is 16.3. The maximum atomic E-state index is 6.60. The van der Waals surface area contributed by atoms with Crippen LogP contribution in [0.15, 0.2) is 180 Å². The zero-order valence-electron chi connectivity index (χ0n) is 28.9. The number of hydrogen-bond donors (Lipinski definition) is 0. The van der Waals surface area contributed by atoms with Crippen molar-refractivity contribution in [2.45, 2.75) is 0 Å². The van der Waals surface area contributed by atoms with E-state index in [1.165, 1.54) is 21.8 Å². The van der Waals surface area contributed by atoms with E-state index < -0.39 is 0 Å². The number of aromatic nitrogens is 5. The first-order chi connectivity index (χ1) is 26.8. The van der Waals surface area contributed by atoms with Gasteiger partial charge in [-0.1, -0.05) is 115 Å². The second-order valence-corrected chi connectivity index (χ2v) is 13.4. The van der Waals surface area contributed by atoms with Gasteiger partial charge in [-0.2, -0.15) is 0 Å². The van der Waals surface area contributed by atoms with Gasteiger partial charge in [0.1, 0.15) is 11.3 Å². The fourth-order valence-corrected chi connectivity index (χ4v) is 7.73. The molecule has 0 aliphatic rings. The molecule has 6 heteroatoms. The molecule has 0 radical (unpaired) electrons. The summed E-state index contributed by atoms with van der Waals surface area (Å²) >= 11 is 0. The van der Waals surface area contributed by atoms with Crippen LogP contribution in [0.5, 0.6) is 0 Å². The van der Waals surface area contributed by atoms with E-state index in [1.54, 1.807) is 0 Å². The van der Waals surface area contributed by atoms with Crippen molar-refractivity contribution in [3.05, 3.63) is 176 Å². The summed E-state index contributed by atoms with van der Waals surface area (Å²) in [5.41, 5.74) is 10.4. The van der Waals surface area contributed by atoms with E-state index in [4.69, 9.17) is 24.4 Å². The Hall–Kier alpha value is -7.44. The molecule has 4 aromatic heterocycles. The summed E-state index contributed by atoms with van der Waals surface area (Å²) in [6.45, 7) is 0. The monoisotopic (exact) mass is 691 g/mol. The van der Waals surface area contributed by atoms with E-state index in [-0.39, 0.29) is 0 Å². The van der Waals surface area contributed by atoms with Crippen molar-refractivity contribution in [2.24, 2.45) is 0 Å². The molecule has 0 aliphatic heterocycles. The maximum absolute atomic E-state index is 6.60. The Balaban J connectivity index is 1.08. The third kappa shape index (κ3) is 4.81. The summed E-state index contributed by atoms with van der Waals surface area (Å²) in [5, 5.41) is 5.50. The maximum Gasteiger partial charge on any atom is 0.164 e. The van der Waals surface area contributed by atoms with Gasteiger partial charge < -0.3 is 8.98 Å². The van der Waals surface area contributed by atoms with E-state index in [2.05, 4.69) is 108 Å². The predicted octanol–water partition coefficient (Wildman–Crippen LogP) is 12.1. The topological polar surface area (TPSA) is 69.6 Å². The summed E-state index contributed by atoms with van der Waals surface area (Å²) in [5.74, 6) is 1.80. The lowest BCUT2D eigenvalue weighted by Crippen LogP contribution is -2.00. The van der Waals surface area contributed by atoms with Gasteiger partial charge in [0.05, 0.1) is 16.6 Å². The Labute approximate surface area is 309 Å². The molecule has 4 heterocycles. The normalized spacial score (nSPS) is 11.7. The third-order valence-electron chi connectivity index (χ3n) is 10.2. The lowest BCUT2D eigenvalue weighted by atomic mass is 10.0. The van der Waals surface area contributed by atoms with Crippen LogP contribution in [-0.4, -0.2) is 24.5 Å². The zero-order chi connectivity index (χ0) is 35.6. The molecule has 7 aromatic carbocycles. The molecule has 0 spiro atoms. The molecule has 0 fully saturated rings. The number of fused-ring (bicyclic) bond motifs is 8. The van der Waals surface area contributed by atoms with E-state index >= 15 is 0 Å². The highest BCUT2D eigenvalue weighted by Gasteiger charge is 2.20. The van der Waals surface area contributed by atoms with Gasteiger partial charge in [-0.25, -0.2) is 19.9 Å². The van der Waals surface area contributed by atoms with Crippen LogP contribution in [0.25, 0.3) is 106 Å². The van der Waals surface area contributed by atoms with Gasteiger partial charge in [-0.3, -0.25) is 0 Å². The van der Waals surface area contributed by atoms with Crippen LogP contribution in [0.2, 0.25) is 0 Å². The smallest absolute Gasteiger partial charge is 0.164 e. The molecule has 0 N–H and O–H groups in total. The summed E-state index contributed by atoms with van der Waals surface area (Å²) in [6, 6.07) is 60.3. The SMILES string of the molecule is c1ccc(-c2nc(-c3ccc(-n4c5ccccc5c5ccccc54)cc3)nc(-c3ccc4oc5c(-c6ccccc6)nc6ccccc6c5c4c3)n2)cc1. The number of pyridine rings is 1. The Kier molecular flexibility index (Phi) is 6.75. The molecular weight excluding hydrogens is 663 g/mol. The minimum atomic E-state index is 0.586. The van der Waals surface area contributed by atoms with Gasteiger partial charge in [0, 0.05) is 54.9 Å². The van der Waals surface area contributed by atoms with E-state index in [0.29, 0.717) is 17.5 Å². The average Bonchev–Trinajstić information content (AvgIpc) is 3.80. The molecule has 0 saturated carbocycles. The minimum Gasteiger partial charge on any atom is -0.454 e. The van der Waals surface area contributed by atoms with Crippen LogP contribution < -0.4 is 0 Å². The standard InChI is InChI=1S/C48H29N5O/c1-3-13-30(14-4-1)44-45-43(37-19-7-10-20-39(37)49-44)38-29-33(25-28-42(38)54-45)48-51-46(31-15-5-2-6-16-31)50-47(52-48)32-23-26-34(27-24-32)53-40-21-11-8-17-35(40)36-18-9-12-22-41(36)53/h1-29H. The first-order valence-electron chi connectivity index (χ1n) is 18.0. The first kappa shape index (κ1) is 30.2. The van der Waals surface area contributed by atoms with E-state index in [0.717, 1.165) is 66.5 Å². The molecule has 11 aromatic rings. The molecule has 0 amide bonds. The second kappa shape index (κ2) is 12.1. The molecule has 252 valence electrons. The fraction of sp³-hybridized carbons (Fsp3) is 0. The van der Waals surface area contributed by atoms with Crippen LogP contribution >= 0.6 is 0 Å². The van der Waals surface area contributed by atoms with Crippen LogP contribution in [0.1, 0.15) is 0 Å². The Morgan fingerprint density at radius 2 is 0.907 bits per heavy atom. The molecule has 0 bridgehead atoms. The summed E-state index contributed by atoms with van der Waals surface area (Å²) < 4.78 is 8.92. The molecular formula is C48H29N5O. The third-order valence-corrected chi connectivity index (χ3v) is 10.2. The van der Waals surface area contributed by atoms with Gasteiger partial charge in [-0.15, -0.1) is 0 Å². The summed E-state index contributed by atoms with van der Waals surface area (Å²) in [6.07, 6.45) is 0. The van der Waals surface area contributed by atoms with Crippen molar-refractivity contribution in [2.75, 3.05) is 0 Å². The molecule has 11 rings (SSSR count). The molecule has 6 nitrogen and oxygen atoms in total. The lowest BCUT2D eigenvalue weighted by Gasteiger charge is -2.11. The van der Waals surface area contributed by atoms with E-state index in [1.807, 2.05) is 72.8 Å². The average molecular weight is 692 g/mol. The highest BCUT2D eigenvalue weighted by Crippen LogP contribution is 2.41. The Morgan fingerprint density at radius 3 is 1.57 bits per heavy atom. The van der Waals surface area contributed by atoms with Gasteiger partial charge in [-0.05, 0) is 60.7 Å². The van der Waals surface area contributed by atoms with Gasteiger partial charge in [0.25, 0.3) is 0 Å². The fourth-order valence-electron chi connectivity index (χ4n) is 7.73. The van der Waals surface area contributed by atoms with E-state index in [9.17, 15) is 0 Å². The van der Waals surface area contributed by atoms with Crippen molar-refractivity contribution in [1.82, 2.24) is 24.5 Å². The number of furan rings is 1. The largest absolute Gasteiger partial charge is 0.454 e. The highest BCUT2D eigenvalue weighted by molar-refractivity contribution is 6.21. The van der Waals surface area contributed by atoms with Crippen LogP contribution in [0.4, 0.5) is 0 Å². The quantitative estimate of drug-likeness (QED) is 0.180.